The highest BCUT2D eigenvalue weighted by Gasteiger charge is 2.12. The Balaban J connectivity index is 2.00. The van der Waals surface area contributed by atoms with Crippen LogP contribution in [0, 0.1) is 0 Å². The summed E-state index contributed by atoms with van der Waals surface area (Å²) in [6.07, 6.45) is 1.60. The van der Waals surface area contributed by atoms with Crippen molar-refractivity contribution >= 4 is 23.0 Å². The van der Waals surface area contributed by atoms with Gasteiger partial charge in [-0.25, -0.2) is 9.97 Å². The summed E-state index contributed by atoms with van der Waals surface area (Å²) in [5.41, 5.74) is 8.52. The topological polar surface area (TPSA) is 116 Å². The van der Waals surface area contributed by atoms with Crippen molar-refractivity contribution < 1.29 is 9.53 Å². The van der Waals surface area contributed by atoms with E-state index in [1.165, 1.54) is 0 Å². The zero-order chi connectivity index (χ0) is 17.8. The normalized spacial score (nSPS) is 10.6. The summed E-state index contributed by atoms with van der Waals surface area (Å²) in [6, 6.07) is 7.13. The summed E-state index contributed by atoms with van der Waals surface area (Å²) in [5, 5.41) is 2.76. The smallest absolute Gasteiger partial charge is 0.251 e. The number of ether oxygens (including phenoxy) is 1. The van der Waals surface area contributed by atoms with E-state index in [4.69, 9.17) is 10.5 Å². The summed E-state index contributed by atoms with van der Waals surface area (Å²) in [5.74, 6) is 0.281. The lowest BCUT2D eigenvalue weighted by atomic mass is 10.1. The van der Waals surface area contributed by atoms with Crippen molar-refractivity contribution in [3.05, 3.63) is 36.0 Å². The predicted molar refractivity (Wildman–Crippen MR) is 94.2 cm³/mol. The highest BCUT2D eigenvalue weighted by Crippen LogP contribution is 2.24. The highest BCUT2D eigenvalue weighted by atomic mass is 16.5. The molecule has 1 amide bonds. The van der Waals surface area contributed by atoms with Gasteiger partial charge in [0.25, 0.3) is 5.91 Å². The standard InChI is InChI=1S/C17H18N6O2/c1-3-19-15(24)11-7-5-10(6-8-11)12-9-20-14-13(21-12)16(25-4-2)23-17(18)22-14/h5-9H,3-4H2,1-2H3,(H,19,24)(H2,18,20,22,23). The molecule has 0 aliphatic heterocycles. The number of nitrogens with zero attached hydrogens (tertiary/aromatic N) is 4. The summed E-state index contributed by atoms with van der Waals surface area (Å²) < 4.78 is 5.48. The third kappa shape index (κ3) is 3.47. The lowest BCUT2D eigenvalue weighted by Gasteiger charge is -2.08. The number of anilines is 1. The maximum absolute atomic E-state index is 11.8. The summed E-state index contributed by atoms with van der Waals surface area (Å²) >= 11 is 0. The molecule has 8 heteroatoms. The van der Waals surface area contributed by atoms with Crippen LogP contribution in [0.2, 0.25) is 0 Å². The first-order valence-corrected chi connectivity index (χ1v) is 7.94. The Hall–Kier alpha value is -3.29. The first-order valence-electron chi connectivity index (χ1n) is 7.94. The lowest BCUT2D eigenvalue weighted by molar-refractivity contribution is 0.0956. The molecule has 0 radical (unpaired) electrons. The maximum atomic E-state index is 11.8. The second kappa shape index (κ2) is 7.08. The van der Waals surface area contributed by atoms with Crippen LogP contribution in [-0.2, 0) is 0 Å². The number of fused-ring (bicyclic) bond motifs is 1. The first kappa shape index (κ1) is 16.6. The Bertz CT molecular complexity index is 911. The molecule has 25 heavy (non-hydrogen) atoms. The van der Waals surface area contributed by atoms with Crippen molar-refractivity contribution in [2.45, 2.75) is 13.8 Å². The van der Waals surface area contributed by atoms with Crippen LogP contribution in [0.4, 0.5) is 5.95 Å². The van der Waals surface area contributed by atoms with Crippen LogP contribution in [0.25, 0.3) is 22.4 Å². The molecule has 3 rings (SSSR count). The van der Waals surface area contributed by atoms with E-state index in [2.05, 4.69) is 25.3 Å². The van der Waals surface area contributed by atoms with Crippen LogP contribution in [0.5, 0.6) is 5.88 Å². The van der Waals surface area contributed by atoms with E-state index in [0.717, 1.165) is 5.56 Å². The second-order valence-electron chi connectivity index (χ2n) is 5.18. The fourth-order valence-electron chi connectivity index (χ4n) is 2.33. The molecule has 2 heterocycles. The number of carbonyl (C=O) groups excluding carboxylic acids is 1. The van der Waals surface area contributed by atoms with Gasteiger partial charge in [-0.3, -0.25) is 4.79 Å². The number of aromatic nitrogens is 4. The minimum atomic E-state index is -0.110. The molecule has 0 aliphatic carbocycles. The summed E-state index contributed by atoms with van der Waals surface area (Å²) in [4.78, 5) is 28.8. The van der Waals surface area contributed by atoms with Crippen LogP contribution >= 0.6 is 0 Å². The Morgan fingerprint density at radius 3 is 2.60 bits per heavy atom. The average molecular weight is 338 g/mol. The molecule has 3 aromatic rings. The Morgan fingerprint density at radius 2 is 1.92 bits per heavy atom. The van der Waals surface area contributed by atoms with Gasteiger partial charge in [-0.05, 0) is 26.0 Å². The predicted octanol–water partition coefficient (Wildman–Crippen LogP) is 1.82. The van der Waals surface area contributed by atoms with E-state index in [-0.39, 0.29) is 11.9 Å². The molecule has 1 aromatic carbocycles. The van der Waals surface area contributed by atoms with Crippen molar-refractivity contribution in [1.82, 2.24) is 25.3 Å². The quantitative estimate of drug-likeness (QED) is 0.729. The van der Waals surface area contributed by atoms with Crippen LogP contribution in [0.1, 0.15) is 24.2 Å². The maximum Gasteiger partial charge on any atom is 0.251 e. The summed E-state index contributed by atoms with van der Waals surface area (Å²) in [7, 11) is 0. The Kier molecular flexibility index (Phi) is 4.69. The number of nitrogens with one attached hydrogen (secondary N) is 1. The molecular weight excluding hydrogens is 320 g/mol. The molecule has 0 atom stereocenters. The van der Waals surface area contributed by atoms with Crippen molar-refractivity contribution in [3.8, 4) is 17.1 Å². The van der Waals surface area contributed by atoms with Gasteiger partial charge in [0, 0.05) is 17.7 Å². The molecule has 2 aromatic heterocycles. The van der Waals surface area contributed by atoms with Gasteiger partial charge in [0.05, 0.1) is 18.5 Å². The van der Waals surface area contributed by atoms with Gasteiger partial charge < -0.3 is 15.8 Å². The largest absolute Gasteiger partial charge is 0.476 e. The number of hydrogen-bond acceptors (Lipinski definition) is 7. The number of carbonyl (C=O) groups is 1. The Morgan fingerprint density at radius 1 is 1.16 bits per heavy atom. The van der Waals surface area contributed by atoms with Crippen LogP contribution < -0.4 is 15.8 Å². The third-order valence-corrected chi connectivity index (χ3v) is 3.45. The molecule has 0 saturated heterocycles. The number of nitrogens with two attached hydrogens (primary N) is 1. The molecule has 3 N–H and O–H groups in total. The van der Waals surface area contributed by atoms with Crippen molar-refractivity contribution in [3.63, 3.8) is 0 Å². The molecule has 0 bridgehead atoms. The monoisotopic (exact) mass is 338 g/mol. The van der Waals surface area contributed by atoms with E-state index in [1.807, 2.05) is 26.0 Å². The van der Waals surface area contributed by atoms with Crippen molar-refractivity contribution in [1.29, 1.82) is 0 Å². The second-order valence-corrected chi connectivity index (χ2v) is 5.18. The molecule has 128 valence electrons. The van der Waals surface area contributed by atoms with Gasteiger partial charge in [0.15, 0.2) is 11.2 Å². The number of hydrogen-bond donors (Lipinski definition) is 2. The zero-order valence-corrected chi connectivity index (χ0v) is 14.0. The van der Waals surface area contributed by atoms with E-state index in [1.54, 1.807) is 18.3 Å². The Labute approximate surface area is 144 Å². The molecule has 0 aliphatic rings. The fourth-order valence-corrected chi connectivity index (χ4v) is 2.33. The minimum absolute atomic E-state index is 0.0873. The van der Waals surface area contributed by atoms with Gasteiger partial charge >= 0.3 is 0 Å². The fraction of sp³-hybridized carbons (Fsp3) is 0.235. The lowest BCUT2D eigenvalue weighted by Crippen LogP contribution is -2.22. The zero-order valence-electron chi connectivity index (χ0n) is 14.0. The highest BCUT2D eigenvalue weighted by molar-refractivity contribution is 5.94. The van der Waals surface area contributed by atoms with Gasteiger partial charge in [0.2, 0.25) is 11.8 Å². The van der Waals surface area contributed by atoms with Crippen molar-refractivity contribution in [2.75, 3.05) is 18.9 Å². The molecule has 0 unspecified atom stereocenters. The molecule has 0 fully saturated rings. The van der Waals surface area contributed by atoms with Crippen LogP contribution in [0.15, 0.2) is 30.5 Å². The number of rotatable bonds is 5. The molecule has 0 saturated carbocycles. The number of benzene rings is 1. The third-order valence-electron chi connectivity index (χ3n) is 3.45. The van der Waals surface area contributed by atoms with E-state index < -0.39 is 0 Å². The SMILES string of the molecule is CCNC(=O)c1ccc(-c2cnc3nc(N)nc(OCC)c3n2)cc1. The average Bonchev–Trinajstić information content (AvgIpc) is 2.62. The van der Waals surface area contributed by atoms with Gasteiger partial charge in [-0.2, -0.15) is 9.97 Å². The van der Waals surface area contributed by atoms with Crippen LogP contribution in [0.3, 0.4) is 0 Å². The van der Waals surface area contributed by atoms with E-state index >= 15 is 0 Å². The minimum Gasteiger partial charge on any atom is -0.476 e. The van der Waals surface area contributed by atoms with E-state index in [0.29, 0.717) is 41.5 Å². The van der Waals surface area contributed by atoms with Gasteiger partial charge in [0.1, 0.15) is 0 Å². The van der Waals surface area contributed by atoms with Gasteiger partial charge in [-0.15, -0.1) is 0 Å². The van der Waals surface area contributed by atoms with E-state index in [9.17, 15) is 4.79 Å². The number of nitrogen functional groups attached to an aromatic ring is 1. The number of amides is 1. The first-order chi connectivity index (χ1) is 12.1. The van der Waals surface area contributed by atoms with Crippen LogP contribution in [-0.4, -0.2) is 39.0 Å². The molecular formula is C17H18N6O2. The van der Waals surface area contributed by atoms with Gasteiger partial charge in [-0.1, -0.05) is 12.1 Å². The molecule has 0 spiro atoms. The molecule has 8 nitrogen and oxygen atoms in total. The summed E-state index contributed by atoms with van der Waals surface area (Å²) in [6.45, 7) is 4.74. The van der Waals surface area contributed by atoms with Crippen molar-refractivity contribution in [2.24, 2.45) is 0 Å².